The molecule has 0 aliphatic rings. The molecule has 0 saturated carbocycles. The molecule has 1 heterocycles. The van der Waals surface area contributed by atoms with E-state index in [0.717, 1.165) is 5.56 Å². The summed E-state index contributed by atoms with van der Waals surface area (Å²) < 4.78 is 0. The lowest BCUT2D eigenvalue weighted by Gasteiger charge is -2.12. The molecule has 0 aliphatic carbocycles. The van der Waals surface area contributed by atoms with Crippen molar-refractivity contribution in [2.75, 3.05) is 0 Å². The van der Waals surface area contributed by atoms with Crippen LogP contribution in [0.25, 0.3) is 0 Å². The summed E-state index contributed by atoms with van der Waals surface area (Å²) in [5.41, 5.74) is 0.878. The van der Waals surface area contributed by atoms with Crippen LogP contribution in [0.4, 0.5) is 0 Å². The molecule has 1 nitrogen and oxygen atoms in total. The third-order valence-electron chi connectivity index (χ3n) is 2.43. The Hall–Kier alpha value is -0.630. The van der Waals surface area contributed by atoms with Crippen molar-refractivity contribution in [3.05, 3.63) is 21.9 Å². The van der Waals surface area contributed by atoms with E-state index in [9.17, 15) is 4.79 Å². The van der Waals surface area contributed by atoms with Gasteiger partial charge in [0, 0.05) is 21.7 Å². The Morgan fingerprint density at radius 3 is 2.38 bits per heavy atom. The van der Waals surface area contributed by atoms with Crippen molar-refractivity contribution < 1.29 is 4.79 Å². The van der Waals surface area contributed by atoms with Gasteiger partial charge in [-0.3, -0.25) is 4.79 Å². The van der Waals surface area contributed by atoms with Crippen LogP contribution >= 0.6 is 11.3 Å². The first-order chi connectivity index (χ1) is 6.02. The predicted molar refractivity (Wildman–Crippen MR) is 57.4 cm³/mol. The standard InChI is InChI=1S/C11H16OS/c1-7(2)9(4)11(12)10-5-8(3)13-6-10/h5-7,9H,1-4H3. The third-order valence-corrected chi connectivity index (χ3v) is 3.29. The molecule has 0 fully saturated rings. The Morgan fingerprint density at radius 2 is 2.00 bits per heavy atom. The SMILES string of the molecule is Cc1cc(C(=O)C(C)C(C)C)cs1. The molecule has 0 aromatic carbocycles. The van der Waals surface area contributed by atoms with Crippen molar-refractivity contribution in [2.45, 2.75) is 27.7 Å². The van der Waals surface area contributed by atoms with E-state index in [1.165, 1.54) is 4.88 Å². The number of rotatable bonds is 3. The van der Waals surface area contributed by atoms with E-state index in [1.807, 2.05) is 25.3 Å². The summed E-state index contributed by atoms with van der Waals surface area (Å²) in [6, 6.07) is 1.98. The Balaban J connectivity index is 2.79. The highest BCUT2D eigenvalue weighted by Crippen LogP contribution is 2.20. The second kappa shape index (κ2) is 4.05. The summed E-state index contributed by atoms with van der Waals surface area (Å²) in [5, 5.41) is 1.95. The van der Waals surface area contributed by atoms with Gasteiger partial charge in [-0.15, -0.1) is 11.3 Å². The number of Topliss-reactive ketones (excluding diaryl/α,β-unsaturated/α-hetero) is 1. The molecule has 1 unspecified atom stereocenters. The van der Waals surface area contributed by atoms with Crippen LogP contribution in [0.2, 0.25) is 0 Å². The van der Waals surface area contributed by atoms with Gasteiger partial charge in [-0.25, -0.2) is 0 Å². The number of hydrogen-bond donors (Lipinski definition) is 0. The fraction of sp³-hybridized carbons (Fsp3) is 0.545. The molecule has 1 aromatic heterocycles. The largest absolute Gasteiger partial charge is 0.294 e. The highest BCUT2D eigenvalue weighted by atomic mass is 32.1. The van der Waals surface area contributed by atoms with Gasteiger partial charge in [-0.05, 0) is 18.9 Å². The van der Waals surface area contributed by atoms with Gasteiger partial charge >= 0.3 is 0 Å². The lowest BCUT2D eigenvalue weighted by atomic mass is 9.91. The molecule has 2 heteroatoms. The highest BCUT2D eigenvalue weighted by Gasteiger charge is 2.18. The van der Waals surface area contributed by atoms with Gasteiger partial charge in [0.15, 0.2) is 5.78 Å². The second-order valence-electron chi connectivity index (χ2n) is 3.84. The quantitative estimate of drug-likeness (QED) is 0.676. The van der Waals surface area contributed by atoms with Crippen LogP contribution in [0.3, 0.4) is 0 Å². The van der Waals surface area contributed by atoms with Gasteiger partial charge in [0.2, 0.25) is 0 Å². The van der Waals surface area contributed by atoms with Crippen molar-refractivity contribution in [3.8, 4) is 0 Å². The molecular weight excluding hydrogens is 180 g/mol. The van der Waals surface area contributed by atoms with Gasteiger partial charge in [0.25, 0.3) is 0 Å². The van der Waals surface area contributed by atoms with Gasteiger partial charge in [-0.2, -0.15) is 0 Å². The van der Waals surface area contributed by atoms with Crippen LogP contribution in [0, 0.1) is 18.8 Å². The Labute approximate surface area is 83.8 Å². The minimum Gasteiger partial charge on any atom is -0.294 e. The number of aryl methyl sites for hydroxylation is 1. The van der Waals surface area contributed by atoms with Crippen molar-refractivity contribution in [3.63, 3.8) is 0 Å². The van der Waals surface area contributed by atoms with E-state index in [-0.39, 0.29) is 11.7 Å². The average molecular weight is 196 g/mol. The molecule has 0 spiro atoms. The maximum Gasteiger partial charge on any atom is 0.166 e. The van der Waals surface area contributed by atoms with Gasteiger partial charge in [0.05, 0.1) is 0 Å². The highest BCUT2D eigenvalue weighted by molar-refractivity contribution is 7.10. The minimum absolute atomic E-state index is 0.133. The topological polar surface area (TPSA) is 17.1 Å². The van der Waals surface area contributed by atoms with Gasteiger partial charge in [-0.1, -0.05) is 20.8 Å². The minimum atomic E-state index is 0.133. The number of ketones is 1. The Morgan fingerprint density at radius 1 is 1.38 bits per heavy atom. The van der Waals surface area contributed by atoms with Gasteiger partial charge < -0.3 is 0 Å². The van der Waals surface area contributed by atoms with E-state index in [4.69, 9.17) is 0 Å². The van der Waals surface area contributed by atoms with Crippen LogP contribution in [0.5, 0.6) is 0 Å². The lowest BCUT2D eigenvalue weighted by molar-refractivity contribution is 0.0900. The van der Waals surface area contributed by atoms with Crippen LogP contribution in [-0.2, 0) is 0 Å². The molecule has 0 aliphatic heterocycles. The summed E-state index contributed by atoms with van der Waals surface area (Å²) in [6.07, 6.45) is 0. The second-order valence-corrected chi connectivity index (χ2v) is 4.96. The predicted octanol–water partition coefficient (Wildman–Crippen LogP) is 3.53. The molecule has 0 bridgehead atoms. The maximum atomic E-state index is 11.8. The molecule has 0 amide bonds. The maximum absolute atomic E-state index is 11.8. The van der Waals surface area contributed by atoms with Crippen molar-refractivity contribution in [2.24, 2.45) is 11.8 Å². The van der Waals surface area contributed by atoms with Crippen molar-refractivity contribution in [1.29, 1.82) is 0 Å². The molecule has 0 radical (unpaired) electrons. The zero-order valence-corrected chi connectivity index (χ0v) is 9.44. The summed E-state index contributed by atoms with van der Waals surface area (Å²) in [7, 11) is 0. The fourth-order valence-corrected chi connectivity index (χ4v) is 1.83. The van der Waals surface area contributed by atoms with Crippen molar-refractivity contribution in [1.82, 2.24) is 0 Å². The summed E-state index contributed by atoms with van der Waals surface area (Å²) in [4.78, 5) is 13.0. The molecule has 1 aromatic rings. The smallest absolute Gasteiger partial charge is 0.166 e. The van der Waals surface area contributed by atoms with E-state index >= 15 is 0 Å². The first-order valence-corrected chi connectivity index (χ1v) is 5.49. The third kappa shape index (κ3) is 2.41. The van der Waals surface area contributed by atoms with Crippen LogP contribution in [-0.4, -0.2) is 5.78 Å². The molecule has 1 atom stereocenters. The Kier molecular flexibility index (Phi) is 3.26. The van der Waals surface area contributed by atoms with E-state index in [0.29, 0.717) is 5.92 Å². The monoisotopic (exact) mass is 196 g/mol. The van der Waals surface area contributed by atoms with Crippen LogP contribution in [0.15, 0.2) is 11.4 Å². The molecule has 72 valence electrons. The zero-order valence-electron chi connectivity index (χ0n) is 8.63. The van der Waals surface area contributed by atoms with Crippen LogP contribution in [0.1, 0.15) is 36.0 Å². The van der Waals surface area contributed by atoms with Crippen molar-refractivity contribution >= 4 is 17.1 Å². The summed E-state index contributed by atoms with van der Waals surface area (Å²) in [5.74, 6) is 0.834. The zero-order chi connectivity index (χ0) is 10.0. The molecule has 1 rings (SSSR count). The number of hydrogen-bond acceptors (Lipinski definition) is 2. The van der Waals surface area contributed by atoms with E-state index in [1.54, 1.807) is 11.3 Å². The fourth-order valence-electron chi connectivity index (χ4n) is 1.14. The Bertz CT molecular complexity index is 299. The number of carbonyl (C=O) groups excluding carboxylic acids is 1. The summed E-state index contributed by atoms with van der Waals surface area (Å²) in [6.45, 7) is 8.20. The van der Waals surface area contributed by atoms with Crippen LogP contribution < -0.4 is 0 Å². The number of carbonyl (C=O) groups is 1. The average Bonchev–Trinajstić information content (AvgIpc) is 2.49. The number of thiophene rings is 1. The van der Waals surface area contributed by atoms with E-state index < -0.39 is 0 Å². The first-order valence-electron chi connectivity index (χ1n) is 4.61. The molecule has 0 N–H and O–H groups in total. The lowest BCUT2D eigenvalue weighted by Crippen LogP contribution is -2.16. The molecule has 0 saturated heterocycles. The van der Waals surface area contributed by atoms with Gasteiger partial charge in [0.1, 0.15) is 0 Å². The molecule has 13 heavy (non-hydrogen) atoms. The summed E-state index contributed by atoms with van der Waals surface area (Å²) >= 11 is 1.64. The first kappa shape index (κ1) is 10.5. The van der Waals surface area contributed by atoms with E-state index in [2.05, 4.69) is 13.8 Å². The molecular formula is C11H16OS. The normalized spacial score (nSPS) is 13.3.